The molecular formula is C12H16Cl2N2O. The molecule has 1 aliphatic rings. The van der Waals surface area contributed by atoms with E-state index in [9.17, 15) is 4.79 Å². The van der Waals surface area contributed by atoms with E-state index in [1.165, 1.54) is 0 Å². The van der Waals surface area contributed by atoms with E-state index in [-0.39, 0.29) is 24.4 Å². The second kappa shape index (κ2) is 6.24. The van der Waals surface area contributed by atoms with Gasteiger partial charge in [0.25, 0.3) is 5.91 Å². The standard InChI is InChI=1S/C12H15ClN2O.ClH/c13-10-4-1-3-9(7-10)12(16)15-6-2-5-11(14)8-15;/h1,3-4,7,11H,2,5-6,8,14H2;1H/t11-;/m1./s1. The summed E-state index contributed by atoms with van der Waals surface area (Å²) in [6, 6.07) is 7.15. The fraction of sp³-hybridized carbons (Fsp3) is 0.417. The number of likely N-dealkylation sites (tertiary alicyclic amines) is 1. The summed E-state index contributed by atoms with van der Waals surface area (Å²) in [5.41, 5.74) is 6.49. The average Bonchev–Trinajstić information content (AvgIpc) is 2.28. The first kappa shape index (κ1) is 14.3. The highest BCUT2D eigenvalue weighted by atomic mass is 35.5. The maximum atomic E-state index is 12.1. The Morgan fingerprint density at radius 1 is 1.47 bits per heavy atom. The third-order valence-corrected chi connectivity index (χ3v) is 3.05. The summed E-state index contributed by atoms with van der Waals surface area (Å²) in [6.45, 7) is 1.43. The zero-order valence-electron chi connectivity index (χ0n) is 9.43. The summed E-state index contributed by atoms with van der Waals surface area (Å²) in [4.78, 5) is 13.9. The smallest absolute Gasteiger partial charge is 0.253 e. The van der Waals surface area contributed by atoms with E-state index in [4.69, 9.17) is 17.3 Å². The van der Waals surface area contributed by atoms with Crippen molar-refractivity contribution in [3.8, 4) is 0 Å². The molecule has 2 N–H and O–H groups in total. The maximum Gasteiger partial charge on any atom is 0.253 e. The van der Waals surface area contributed by atoms with Crippen molar-refractivity contribution in [2.45, 2.75) is 18.9 Å². The number of carbonyl (C=O) groups excluding carboxylic acids is 1. The zero-order valence-corrected chi connectivity index (χ0v) is 11.0. The molecule has 1 amide bonds. The number of halogens is 2. The molecule has 2 rings (SSSR count). The predicted octanol–water partition coefficient (Wildman–Crippen LogP) is 2.33. The summed E-state index contributed by atoms with van der Waals surface area (Å²) in [5.74, 6) is 0.0256. The zero-order chi connectivity index (χ0) is 11.5. The van der Waals surface area contributed by atoms with Gasteiger partial charge in [0, 0.05) is 29.7 Å². The molecule has 1 saturated heterocycles. The molecule has 0 unspecified atom stereocenters. The van der Waals surface area contributed by atoms with E-state index < -0.39 is 0 Å². The third kappa shape index (κ3) is 3.60. The lowest BCUT2D eigenvalue weighted by Crippen LogP contribution is -2.45. The normalized spacial score (nSPS) is 19.6. The monoisotopic (exact) mass is 274 g/mol. The maximum absolute atomic E-state index is 12.1. The van der Waals surface area contributed by atoms with Crippen LogP contribution in [0.2, 0.25) is 5.02 Å². The van der Waals surface area contributed by atoms with Crippen LogP contribution in [0.5, 0.6) is 0 Å². The molecule has 1 fully saturated rings. The Balaban J connectivity index is 0.00000144. The Bertz CT molecular complexity index is 398. The third-order valence-electron chi connectivity index (χ3n) is 2.82. The fourth-order valence-electron chi connectivity index (χ4n) is 2.00. The van der Waals surface area contributed by atoms with Crippen LogP contribution in [0.4, 0.5) is 0 Å². The fourth-order valence-corrected chi connectivity index (χ4v) is 2.19. The molecule has 5 heteroatoms. The van der Waals surface area contributed by atoms with Crippen molar-refractivity contribution >= 4 is 29.9 Å². The Labute approximate surface area is 112 Å². The molecule has 17 heavy (non-hydrogen) atoms. The first-order valence-corrected chi connectivity index (χ1v) is 5.85. The number of rotatable bonds is 1. The molecule has 94 valence electrons. The van der Waals surface area contributed by atoms with Crippen LogP contribution in [0.1, 0.15) is 23.2 Å². The first-order valence-electron chi connectivity index (χ1n) is 5.47. The van der Waals surface area contributed by atoms with Crippen molar-refractivity contribution in [3.05, 3.63) is 34.9 Å². The largest absolute Gasteiger partial charge is 0.337 e. The molecule has 1 heterocycles. The van der Waals surface area contributed by atoms with Crippen LogP contribution < -0.4 is 5.73 Å². The summed E-state index contributed by atoms with van der Waals surface area (Å²) >= 11 is 5.86. The van der Waals surface area contributed by atoms with Gasteiger partial charge < -0.3 is 10.6 Å². The molecule has 0 spiro atoms. The van der Waals surface area contributed by atoms with Crippen molar-refractivity contribution in [1.82, 2.24) is 4.90 Å². The number of benzene rings is 1. The van der Waals surface area contributed by atoms with Crippen LogP contribution in [0.3, 0.4) is 0 Å². The lowest BCUT2D eigenvalue weighted by Gasteiger charge is -2.30. The molecular weight excluding hydrogens is 259 g/mol. The number of carbonyl (C=O) groups is 1. The lowest BCUT2D eigenvalue weighted by molar-refractivity contribution is 0.0709. The van der Waals surface area contributed by atoms with Gasteiger partial charge in [0.2, 0.25) is 0 Å². The van der Waals surface area contributed by atoms with E-state index in [1.807, 2.05) is 0 Å². The van der Waals surface area contributed by atoms with E-state index in [1.54, 1.807) is 29.2 Å². The van der Waals surface area contributed by atoms with Crippen LogP contribution in [-0.4, -0.2) is 29.9 Å². The van der Waals surface area contributed by atoms with Gasteiger partial charge in [0.15, 0.2) is 0 Å². The van der Waals surface area contributed by atoms with E-state index in [0.717, 1.165) is 19.4 Å². The number of nitrogens with two attached hydrogens (primary N) is 1. The molecule has 0 aliphatic carbocycles. The van der Waals surface area contributed by atoms with Crippen molar-refractivity contribution in [3.63, 3.8) is 0 Å². The SMILES string of the molecule is Cl.N[C@@H]1CCCN(C(=O)c2cccc(Cl)c2)C1. The predicted molar refractivity (Wildman–Crippen MR) is 71.8 cm³/mol. The van der Waals surface area contributed by atoms with Gasteiger partial charge in [-0.15, -0.1) is 12.4 Å². The number of hydrogen-bond donors (Lipinski definition) is 1. The molecule has 0 saturated carbocycles. The lowest BCUT2D eigenvalue weighted by atomic mass is 10.1. The second-order valence-corrected chi connectivity index (χ2v) is 4.60. The summed E-state index contributed by atoms with van der Waals surface area (Å²) in [5, 5.41) is 0.590. The van der Waals surface area contributed by atoms with Gasteiger partial charge >= 0.3 is 0 Å². The van der Waals surface area contributed by atoms with E-state index in [2.05, 4.69) is 0 Å². The second-order valence-electron chi connectivity index (χ2n) is 4.16. The van der Waals surface area contributed by atoms with Gasteiger partial charge in [-0.1, -0.05) is 17.7 Å². The first-order chi connectivity index (χ1) is 7.66. The topological polar surface area (TPSA) is 46.3 Å². The number of piperidine rings is 1. The summed E-state index contributed by atoms with van der Waals surface area (Å²) in [7, 11) is 0. The van der Waals surface area contributed by atoms with Crippen LogP contribution in [0.15, 0.2) is 24.3 Å². The van der Waals surface area contributed by atoms with Crippen LogP contribution in [0.25, 0.3) is 0 Å². The molecule has 0 bridgehead atoms. The molecule has 0 radical (unpaired) electrons. The number of amides is 1. The van der Waals surface area contributed by atoms with Crippen LogP contribution in [0, 0.1) is 0 Å². The van der Waals surface area contributed by atoms with Crippen molar-refractivity contribution in [1.29, 1.82) is 0 Å². The van der Waals surface area contributed by atoms with Gasteiger partial charge in [-0.05, 0) is 31.0 Å². The van der Waals surface area contributed by atoms with E-state index >= 15 is 0 Å². The van der Waals surface area contributed by atoms with E-state index in [0.29, 0.717) is 17.1 Å². The Morgan fingerprint density at radius 2 is 2.24 bits per heavy atom. The molecule has 1 aromatic rings. The summed E-state index contributed by atoms with van der Waals surface area (Å²) < 4.78 is 0. The average molecular weight is 275 g/mol. The number of hydrogen-bond acceptors (Lipinski definition) is 2. The van der Waals surface area contributed by atoms with Gasteiger partial charge in [0.1, 0.15) is 0 Å². The van der Waals surface area contributed by atoms with Gasteiger partial charge in [-0.25, -0.2) is 0 Å². The highest BCUT2D eigenvalue weighted by molar-refractivity contribution is 6.30. The molecule has 1 atom stereocenters. The molecule has 0 aromatic heterocycles. The Kier molecular flexibility index (Phi) is 5.25. The van der Waals surface area contributed by atoms with Gasteiger partial charge in [-0.2, -0.15) is 0 Å². The quantitative estimate of drug-likeness (QED) is 0.855. The van der Waals surface area contributed by atoms with Crippen molar-refractivity contribution in [2.75, 3.05) is 13.1 Å². The number of nitrogens with zero attached hydrogens (tertiary/aromatic N) is 1. The molecule has 1 aromatic carbocycles. The molecule has 1 aliphatic heterocycles. The summed E-state index contributed by atoms with van der Waals surface area (Å²) in [6.07, 6.45) is 1.98. The minimum absolute atomic E-state index is 0. The highest BCUT2D eigenvalue weighted by Crippen LogP contribution is 2.15. The minimum atomic E-state index is 0. The molecule has 3 nitrogen and oxygen atoms in total. The Morgan fingerprint density at radius 3 is 2.88 bits per heavy atom. The Hall–Kier alpha value is -0.770. The van der Waals surface area contributed by atoms with Crippen molar-refractivity contribution < 1.29 is 4.79 Å². The van der Waals surface area contributed by atoms with Crippen LogP contribution in [-0.2, 0) is 0 Å². The van der Waals surface area contributed by atoms with Crippen LogP contribution >= 0.6 is 24.0 Å². The van der Waals surface area contributed by atoms with Gasteiger partial charge in [-0.3, -0.25) is 4.79 Å². The van der Waals surface area contributed by atoms with Crippen molar-refractivity contribution in [2.24, 2.45) is 5.73 Å². The highest BCUT2D eigenvalue weighted by Gasteiger charge is 2.22. The minimum Gasteiger partial charge on any atom is -0.337 e. The van der Waals surface area contributed by atoms with Gasteiger partial charge in [0.05, 0.1) is 0 Å².